The lowest BCUT2D eigenvalue weighted by molar-refractivity contribution is 0.0505. The Bertz CT molecular complexity index is 313. The summed E-state index contributed by atoms with van der Waals surface area (Å²) in [6.45, 7) is 9.83. The van der Waals surface area contributed by atoms with Crippen LogP contribution in [-0.4, -0.2) is 30.3 Å². The Kier molecular flexibility index (Phi) is 5.47. The summed E-state index contributed by atoms with van der Waals surface area (Å²) in [6.07, 6.45) is 2.56. The van der Waals surface area contributed by atoms with Gasteiger partial charge in [-0.2, -0.15) is 0 Å². The number of carbonyl (C=O) groups excluding carboxylic acids is 1. The van der Waals surface area contributed by atoms with Crippen LogP contribution in [0, 0.1) is 0 Å². The van der Waals surface area contributed by atoms with E-state index in [2.05, 4.69) is 17.2 Å². The highest BCUT2D eigenvalue weighted by Crippen LogP contribution is 2.20. The van der Waals surface area contributed by atoms with Crippen molar-refractivity contribution in [1.82, 2.24) is 10.6 Å². The molecule has 18 heavy (non-hydrogen) atoms. The molecular weight excluding hydrogens is 252 g/mol. The molecule has 0 aromatic rings. The minimum Gasteiger partial charge on any atom is -0.444 e. The van der Waals surface area contributed by atoms with Crippen molar-refractivity contribution in [2.45, 2.75) is 57.7 Å². The molecule has 1 saturated carbocycles. The van der Waals surface area contributed by atoms with Gasteiger partial charge in [0.2, 0.25) is 0 Å². The molecule has 1 amide bonds. The lowest BCUT2D eigenvalue weighted by Gasteiger charge is -2.21. The van der Waals surface area contributed by atoms with Crippen LogP contribution in [0.1, 0.15) is 40.0 Å². The maximum absolute atomic E-state index is 11.6. The van der Waals surface area contributed by atoms with Gasteiger partial charge in [0.1, 0.15) is 5.60 Å². The van der Waals surface area contributed by atoms with E-state index in [1.165, 1.54) is 0 Å². The fraction of sp³-hybridized carbons (Fsp3) is 0.769. The molecule has 2 unspecified atom stereocenters. The van der Waals surface area contributed by atoms with E-state index < -0.39 is 5.60 Å². The van der Waals surface area contributed by atoms with Crippen LogP contribution in [0.2, 0.25) is 0 Å². The molecule has 0 radical (unpaired) electrons. The van der Waals surface area contributed by atoms with E-state index in [4.69, 9.17) is 16.3 Å². The Labute approximate surface area is 114 Å². The van der Waals surface area contributed by atoms with E-state index in [1.54, 1.807) is 0 Å². The molecule has 1 fully saturated rings. The number of alkyl carbamates (subject to hydrolysis) is 1. The zero-order chi connectivity index (χ0) is 13.8. The normalized spacial score (nSPS) is 23.8. The molecule has 1 aliphatic rings. The van der Waals surface area contributed by atoms with E-state index in [1.807, 2.05) is 20.8 Å². The summed E-state index contributed by atoms with van der Waals surface area (Å²) in [7, 11) is 0. The number of ether oxygens (including phenoxy) is 1. The van der Waals surface area contributed by atoms with Crippen LogP contribution in [-0.2, 0) is 4.74 Å². The fourth-order valence-corrected chi connectivity index (χ4v) is 2.10. The van der Waals surface area contributed by atoms with Gasteiger partial charge < -0.3 is 15.4 Å². The number of rotatable bonds is 4. The topological polar surface area (TPSA) is 50.4 Å². The molecule has 5 heteroatoms. The zero-order valence-corrected chi connectivity index (χ0v) is 12.1. The Balaban J connectivity index is 2.26. The lowest BCUT2D eigenvalue weighted by Crippen LogP contribution is -2.39. The lowest BCUT2D eigenvalue weighted by atomic mass is 10.2. The molecule has 0 aromatic carbocycles. The third kappa shape index (κ3) is 6.26. The molecule has 0 heterocycles. The summed E-state index contributed by atoms with van der Waals surface area (Å²) in [5.41, 5.74) is -0.448. The standard InChI is InChI=1S/C13H23ClN2O2/c1-9(14)8-15-10-5-6-11(7-10)16-12(17)18-13(2,3)4/h10-11,15H,1,5-8H2,2-4H3,(H,16,17). The number of hydrogen-bond donors (Lipinski definition) is 2. The molecular formula is C13H23ClN2O2. The number of amides is 1. The monoisotopic (exact) mass is 274 g/mol. The molecule has 0 aliphatic heterocycles. The van der Waals surface area contributed by atoms with Crippen molar-refractivity contribution >= 4 is 17.7 Å². The predicted molar refractivity (Wildman–Crippen MR) is 73.8 cm³/mol. The number of halogens is 1. The van der Waals surface area contributed by atoms with E-state index in [0.29, 0.717) is 17.6 Å². The molecule has 1 aliphatic carbocycles. The Morgan fingerprint density at radius 2 is 2.00 bits per heavy atom. The summed E-state index contributed by atoms with van der Waals surface area (Å²) in [4.78, 5) is 11.6. The van der Waals surface area contributed by atoms with Crippen molar-refractivity contribution in [2.75, 3.05) is 6.54 Å². The molecule has 1 rings (SSSR count). The van der Waals surface area contributed by atoms with E-state index >= 15 is 0 Å². The highest BCUT2D eigenvalue weighted by Gasteiger charge is 2.27. The first kappa shape index (κ1) is 15.3. The quantitative estimate of drug-likeness (QED) is 0.829. The first-order valence-corrected chi connectivity index (χ1v) is 6.70. The van der Waals surface area contributed by atoms with Crippen molar-refractivity contribution in [1.29, 1.82) is 0 Å². The third-order valence-electron chi connectivity index (χ3n) is 2.74. The van der Waals surface area contributed by atoms with Gasteiger partial charge >= 0.3 is 6.09 Å². The van der Waals surface area contributed by atoms with Crippen LogP contribution in [0.5, 0.6) is 0 Å². The molecule has 0 spiro atoms. The summed E-state index contributed by atoms with van der Waals surface area (Å²) in [5, 5.41) is 6.82. The van der Waals surface area contributed by atoms with Gasteiger partial charge in [0.15, 0.2) is 0 Å². The van der Waals surface area contributed by atoms with Crippen LogP contribution in [0.4, 0.5) is 4.79 Å². The van der Waals surface area contributed by atoms with Gasteiger partial charge in [-0.3, -0.25) is 0 Å². The first-order valence-electron chi connectivity index (χ1n) is 6.32. The van der Waals surface area contributed by atoms with Crippen molar-refractivity contribution < 1.29 is 9.53 Å². The molecule has 104 valence electrons. The van der Waals surface area contributed by atoms with Crippen LogP contribution >= 0.6 is 11.6 Å². The highest BCUT2D eigenvalue weighted by atomic mass is 35.5. The second-order valence-corrected chi connectivity index (χ2v) is 6.29. The molecule has 4 nitrogen and oxygen atoms in total. The van der Waals surface area contributed by atoms with Crippen LogP contribution in [0.25, 0.3) is 0 Å². The minimum atomic E-state index is -0.448. The smallest absolute Gasteiger partial charge is 0.407 e. The SMILES string of the molecule is C=C(Cl)CNC1CCC(NC(=O)OC(C)(C)C)C1. The number of carbonyl (C=O) groups is 1. The second kappa shape index (κ2) is 6.43. The minimum absolute atomic E-state index is 0.181. The van der Waals surface area contributed by atoms with Crippen LogP contribution in [0.3, 0.4) is 0 Å². The van der Waals surface area contributed by atoms with Gasteiger partial charge in [-0.25, -0.2) is 4.79 Å². The van der Waals surface area contributed by atoms with Gasteiger partial charge in [0.25, 0.3) is 0 Å². The molecule has 0 saturated heterocycles. The average Bonchev–Trinajstić information content (AvgIpc) is 2.59. The van der Waals surface area contributed by atoms with E-state index in [-0.39, 0.29) is 12.1 Å². The van der Waals surface area contributed by atoms with Crippen molar-refractivity contribution in [3.63, 3.8) is 0 Å². The Morgan fingerprint density at radius 3 is 2.56 bits per heavy atom. The first-order chi connectivity index (χ1) is 8.26. The molecule has 0 bridgehead atoms. The summed E-state index contributed by atoms with van der Waals surface area (Å²) >= 11 is 5.70. The summed E-state index contributed by atoms with van der Waals surface area (Å²) < 4.78 is 5.23. The maximum atomic E-state index is 11.6. The van der Waals surface area contributed by atoms with E-state index in [0.717, 1.165) is 19.3 Å². The third-order valence-corrected chi connectivity index (χ3v) is 2.87. The van der Waals surface area contributed by atoms with Gasteiger partial charge in [0, 0.05) is 23.7 Å². The highest BCUT2D eigenvalue weighted by molar-refractivity contribution is 6.29. The maximum Gasteiger partial charge on any atom is 0.407 e. The van der Waals surface area contributed by atoms with Gasteiger partial charge in [0.05, 0.1) is 0 Å². The Hall–Kier alpha value is -0.740. The van der Waals surface area contributed by atoms with Crippen molar-refractivity contribution in [3.05, 3.63) is 11.6 Å². The fourth-order valence-electron chi connectivity index (χ4n) is 2.03. The van der Waals surface area contributed by atoms with Crippen LogP contribution in [0.15, 0.2) is 11.6 Å². The second-order valence-electron chi connectivity index (χ2n) is 5.75. The molecule has 2 atom stereocenters. The largest absolute Gasteiger partial charge is 0.444 e. The van der Waals surface area contributed by atoms with Gasteiger partial charge in [-0.05, 0) is 40.0 Å². The van der Waals surface area contributed by atoms with Crippen molar-refractivity contribution in [2.24, 2.45) is 0 Å². The number of hydrogen-bond acceptors (Lipinski definition) is 3. The summed E-state index contributed by atoms with van der Waals surface area (Å²) in [6, 6.07) is 0.571. The number of nitrogens with one attached hydrogen (secondary N) is 2. The van der Waals surface area contributed by atoms with Gasteiger partial charge in [-0.1, -0.05) is 18.2 Å². The summed E-state index contributed by atoms with van der Waals surface area (Å²) in [5.74, 6) is 0. The molecule has 0 aromatic heterocycles. The van der Waals surface area contributed by atoms with Crippen molar-refractivity contribution in [3.8, 4) is 0 Å². The molecule has 2 N–H and O–H groups in total. The Morgan fingerprint density at radius 1 is 1.39 bits per heavy atom. The average molecular weight is 275 g/mol. The zero-order valence-electron chi connectivity index (χ0n) is 11.4. The van der Waals surface area contributed by atoms with Crippen LogP contribution < -0.4 is 10.6 Å². The predicted octanol–water partition coefficient (Wildman–Crippen LogP) is 2.77. The van der Waals surface area contributed by atoms with Gasteiger partial charge in [-0.15, -0.1) is 0 Å². The van der Waals surface area contributed by atoms with E-state index in [9.17, 15) is 4.79 Å².